The molecule has 5 aromatic rings. The number of ether oxygens (including phenoxy) is 1. The van der Waals surface area contributed by atoms with Gasteiger partial charge in [-0.2, -0.15) is 0 Å². The fraction of sp³-hybridized carbons (Fsp3) is 0.206. The lowest BCUT2D eigenvalue weighted by Crippen LogP contribution is -2.39. The minimum absolute atomic E-state index is 0.216. The van der Waals surface area contributed by atoms with E-state index < -0.39 is 12.0 Å². The third-order valence-electron chi connectivity index (χ3n) is 7.35. The molecule has 216 valence electrons. The van der Waals surface area contributed by atoms with Gasteiger partial charge < -0.3 is 4.74 Å². The molecular weight excluding hydrogens is 558 g/mol. The van der Waals surface area contributed by atoms with E-state index in [0.717, 1.165) is 40.9 Å². The molecule has 1 aliphatic heterocycles. The Hall–Kier alpha value is -4.89. The van der Waals surface area contributed by atoms with Crippen molar-refractivity contribution < 1.29 is 9.53 Å². The Kier molecular flexibility index (Phi) is 7.98. The van der Waals surface area contributed by atoms with Gasteiger partial charge in [-0.1, -0.05) is 96.6 Å². The smallest absolute Gasteiger partial charge is 0.338 e. The molecule has 0 N–H and O–H groups in total. The van der Waals surface area contributed by atoms with Gasteiger partial charge in [0.05, 0.1) is 40.3 Å². The Balaban J connectivity index is 1.37. The molecule has 1 atom stereocenters. The van der Waals surface area contributed by atoms with Gasteiger partial charge in [0, 0.05) is 5.56 Å². The molecule has 6 rings (SSSR count). The van der Waals surface area contributed by atoms with Gasteiger partial charge >= 0.3 is 5.97 Å². The van der Waals surface area contributed by atoms with E-state index in [2.05, 4.69) is 46.5 Å². The zero-order valence-corrected chi connectivity index (χ0v) is 25.0. The number of fused-ring (bicyclic) bond motifs is 1. The van der Waals surface area contributed by atoms with Crippen LogP contribution in [0.4, 0.5) is 0 Å². The molecule has 0 bridgehead atoms. The zero-order chi connectivity index (χ0) is 29.9. The lowest BCUT2D eigenvalue weighted by Gasteiger charge is -2.24. The van der Waals surface area contributed by atoms with Crippen molar-refractivity contribution in [2.24, 2.45) is 4.99 Å². The van der Waals surface area contributed by atoms with Gasteiger partial charge in [-0.05, 0) is 55.2 Å². The van der Waals surface area contributed by atoms with Crippen LogP contribution in [0.1, 0.15) is 49.9 Å². The highest BCUT2D eigenvalue weighted by molar-refractivity contribution is 7.07. The van der Waals surface area contributed by atoms with Gasteiger partial charge in [-0.25, -0.2) is 14.5 Å². The summed E-state index contributed by atoms with van der Waals surface area (Å²) in [7, 11) is 0. The molecule has 9 heteroatoms. The summed E-state index contributed by atoms with van der Waals surface area (Å²) < 4.78 is 9.22. The summed E-state index contributed by atoms with van der Waals surface area (Å²) in [5.41, 5.74) is 6.28. The van der Waals surface area contributed by atoms with E-state index in [1.54, 1.807) is 23.1 Å². The summed E-state index contributed by atoms with van der Waals surface area (Å²) in [4.78, 5) is 32.1. The van der Waals surface area contributed by atoms with Gasteiger partial charge in [0.25, 0.3) is 5.56 Å². The Labute approximate surface area is 252 Å². The molecule has 0 radical (unpaired) electrons. The van der Waals surface area contributed by atoms with Gasteiger partial charge in [0.1, 0.15) is 5.69 Å². The first-order valence-corrected chi connectivity index (χ1v) is 15.1. The lowest BCUT2D eigenvalue weighted by atomic mass is 9.96. The Morgan fingerprint density at radius 3 is 2.56 bits per heavy atom. The first-order chi connectivity index (χ1) is 21.0. The van der Waals surface area contributed by atoms with Crippen LogP contribution < -0.4 is 14.9 Å². The second-order valence-electron chi connectivity index (χ2n) is 10.3. The van der Waals surface area contributed by atoms with Gasteiger partial charge in [0.2, 0.25) is 0 Å². The number of rotatable bonds is 8. The van der Waals surface area contributed by atoms with Crippen molar-refractivity contribution >= 4 is 23.4 Å². The lowest BCUT2D eigenvalue weighted by molar-refractivity contribution is -0.139. The van der Waals surface area contributed by atoms with Crippen LogP contribution in [0.15, 0.2) is 106 Å². The maximum atomic E-state index is 13.9. The number of nitrogens with zero attached hydrogens (tertiary/aromatic N) is 5. The topological polar surface area (TPSA) is 91.4 Å². The van der Waals surface area contributed by atoms with E-state index in [1.165, 1.54) is 16.9 Å². The van der Waals surface area contributed by atoms with E-state index in [4.69, 9.17) is 4.74 Å². The molecule has 3 aromatic carbocycles. The third-order valence-corrected chi connectivity index (χ3v) is 8.33. The summed E-state index contributed by atoms with van der Waals surface area (Å²) in [6.07, 6.45) is 5.91. The number of carbonyl (C=O) groups excluding carboxylic acids is 1. The normalized spacial score (nSPS) is 14.9. The summed E-state index contributed by atoms with van der Waals surface area (Å²) in [5.74, 6) is -0.469. The second kappa shape index (κ2) is 12.1. The molecule has 0 amide bonds. The summed E-state index contributed by atoms with van der Waals surface area (Å²) in [6.45, 7) is 5.95. The van der Waals surface area contributed by atoms with Crippen molar-refractivity contribution in [3.05, 3.63) is 133 Å². The van der Waals surface area contributed by atoms with E-state index in [-0.39, 0.29) is 12.2 Å². The Morgan fingerprint density at radius 2 is 1.81 bits per heavy atom. The molecule has 43 heavy (non-hydrogen) atoms. The van der Waals surface area contributed by atoms with Crippen LogP contribution in [0.5, 0.6) is 0 Å². The van der Waals surface area contributed by atoms with E-state index in [9.17, 15) is 9.59 Å². The molecule has 0 spiro atoms. The van der Waals surface area contributed by atoms with Crippen LogP contribution in [0.3, 0.4) is 0 Å². The van der Waals surface area contributed by atoms with Crippen LogP contribution in [-0.4, -0.2) is 32.1 Å². The number of benzene rings is 3. The average molecular weight is 590 g/mol. The zero-order valence-electron chi connectivity index (χ0n) is 24.2. The highest BCUT2D eigenvalue weighted by Gasteiger charge is 2.33. The predicted molar refractivity (Wildman–Crippen MR) is 168 cm³/mol. The predicted octanol–water partition coefficient (Wildman–Crippen LogP) is 5.00. The minimum atomic E-state index is -0.630. The van der Waals surface area contributed by atoms with Crippen LogP contribution in [0, 0.1) is 0 Å². The number of allylic oxidation sites excluding steroid dienone is 1. The maximum absolute atomic E-state index is 13.9. The molecule has 2 aromatic heterocycles. The van der Waals surface area contributed by atoms with Crippen LogP contribution in [-0.2, 0) is 16.0 Å². The van der Waals surface area contributed by atoms with Gasteiger partial charge in [-0.15, -0.1) is 5.10 Å². The van der Waals surface area contributed by atoms with Crippen molar-refractivity contribution in [1.82, 2.24) is 19.6 Å². The van der Waals surface area contributed by atoms with Crippen molar-refractivity contribution in [2.75, 3.05) is 6.61 Å². The molecule has 1 unspecified atom stereocenters. The summed E-state index contributed by atoms with van der Waals surface area (Å²) >= 11 is 1.30. The van der Waals surface area contributed by atoms with Crippen molar-refractivity contribution in [3.63, 3.8) is 0 Å². The van der Waals surface area contributed by atoms with Crippen molar-refractivity contribution in [1.29, 1.82) is 0 Å². The van der Waals surface area contributed by atoms with Crippen LogP contribution >= 0.6 is 11.3 Å². The average Bonchev–Trinajstić information content (AvgIpc) is 3.63. The molecule has 0 aliphatic carbocycles. The SMILES string of the molecule is CCCc1ccc(-c2cn(-c3cccc(/C=c4\sc5n(c4=O)C(c4ccccc4)C(C(=O)OCC)=C(C)N=5)c3)nn2)cc1. The van der Waals surface area contributed by atoms with Crippen molar-refractivity contribution in [3.8, 4) is 16.9 Å². The molecule has 0 saturated carbocycles. The Bertz CT molecular complexity index is 2000. The minimum Gasteiger partial charge on any atom is -0.463 e. The number of esters is 1. The monoisotopic (exact) mass is 589 g/mol. The van der Waals surface area contributed by atoms with E-state index in [0.29, 0.717) is 20.6 Å². The Morgan fingerprint density at radius 1 is 1.02 bits per heavy atom. The molecule has 1 aliphatic rings. The first kappa shape index (κ1) is 28.2. The number of hydrogen-bond donors (Lipinski definition) is 0. The number of aromatic nitrogens is 4. The number of carbonyl (C=O) groups is 1. The number of thiazole rings is 1. The van der Waals surface area contributed by atoms with Crippen LogP contribution in [0.25, 0.3) is 23.0 Å². The van der Waals surface area contributed by atoms with Gasteiger partial charge in [-0.3, -0.25) is 9.36 Å². The molecular formula is C34H31N5O3S. The highest BCUT2D eigenvalue weighted by Crippen LogP contribution is 2.30. The number of aryl methyl sites for hydroxylation is 1. The van der Waals surface area contributed by atoms with Crippen molar-refractivity contribution in [2.45, 2.75) is 39.7 Å². The van der Waals surface area contributed by atoms with E-state index >= 15 is 0 Å². The fourth-order valence-electron chi connectivity index (χ4n) is 5.30. The summed E-state index contributed by atoms with van der Waals surface area (Å²) in [5, 5.41) is 8.74. The summed E-state index contributed by atoms with van der Waals surface area (Å²) in [6, 6.07) is 25.1. The largest absolute Gasteiger partial charge is 0.463 e. The molecule has 0 saturated heterocycles. The van der Waals surface area contributed by atoms with Gasteiger partial charge in [0.15, 0.2) is 4.80 Å². The molecule has 3 heterocycles. The maximum Gasteiger partial charge on any atom is 0.338 e. The fourth-order valence-corrected chi connectivity index (χ4v) is 6.35. The highest BCUT2D eigenvalue weighted by atomic mass is 32.1. The van der Waals surface area contributed by atoms with E-state index in [1.807, 2.05) is 66.9 Å². The third kappa shape index (κ3) is 5.63. The molecule has 0 fully saturated rings. The number of hydrogen-bond acceptors (Lipinski definition) is 7. The van der Waals surface area contributed by atoms with Crippen LogP contribution in [0.2, 0.25) is 0 Å². The standard InChI is InChI=1S/C34H31N5O3S/c1-4-10-23-15-17-25(18-16-23)28-21-38(37-36-28)27-14-9-11-24(19-27)20-29-32(40)39-31(26-12-7-6-8-13-26)30(33(41)42-5-2)22(3)35-34(39)43-29/h6-9,11-21,31H,4-5,10H2,1-3H3/b29-20-. The second-order valence-corrected chi connectivity index (χ2v) is 11.3. The first-order valence-electron chi connectivity index (χ1n) is 14.3. The quantitative estimate of drug-likeness (QED) is 0.238. The molecule has 8 nitrogen and oxygen atoms in total.